The molecule has 0 radical (unpaired) electrons. The molecule has 1 amide bonds. The summed E-state index contributed by atoms with van der Waals surface area (Å²) in [5.74, 6) is 0.596. The SMILES string of the molecule is Cc1coc(-c2ccc(CNC(=O)OC(C)(C)C)cc2)n1.O=CO. The third-order valence-corrected chi connectivity index (χ3v) is 2.66. The van der Waals surface area contributed by atoms with Crippen LogP contribution in [0.2, 0.25) is 0 Å². The first-order chi connectivity index (χ1) is 11.2. The number of amides is 1. The third kappa shape index (κ3) is 6.95. The summed E-state index contributed by atoms with van der Waals surface area (Å²) in [5.41, 5.74) is 2.24. The first-order valence-electron chi connectivity index (χ1n) is 7.31. The van der Waals surface area contributed by atoms with Gasteiger partial charge in [-0.05, 0) is 45.4 Å². The Morgan fingerprint density at radius 3 is 2.38 bits per heavy atom. The van der Waals surface area contributed by atoms with E-state index in [2.05, 4.69) is 10.3 Å². The largest absolute Gasteiger partial charge is 0.483 e. The second kappa shape index (κ2) is 8.71. The highest BCUT2D eigenvalue weighted by molar-refractivity contribution is 5.67. The predicted molar refractivity (Wildman–Crippen MR) is 88.4 cm³/mol. The molecule has 0 spiro atoms. The number of hydrogen-bond donors (Lipinski definition) is 2. The molecule has 7 nitrogen and oxygen atoms in total. The molecule has 0 unspecified atom stereocenters. The molecule has 2 N–H and O–H groups in total. The van der Waals surface area contributed by atoms with E-state index >= 15 is 0 Å². The Kier molecular flexibility index (Phi) is 6.98. The van der Waals surface area contributed by atoms with Crippen LogP contribution in [0.3, 0.4) is 0 Å². The van der Waals surface area contributed by atoms with Gasteiger partial charge in [-0.3, -0.25) is 4.79 Å². The van der Waals surface area contributed by atoms with Gasteiger partial charge in [-0.15, -0.1) is 0 Å². The van der Waals surface area contributed by atoms with Crippen LogP contribution in [0.4, 0.5) is 4.79 Å². The monoisotopic (exact) mass is 334 g/mol. The third-order valence-electron chi connectivity index (χ3n) is 2.66. The molecule has 2 rings (SSSR count). The first-order valence-corrected chi connectivity index (χ1v) is 7.31. The Bertz CT molecular complexity index is 656. The summed E-state index contributed by atoms with van der Waals surface area (Å²) < 4.78 is 10.5. The summed E-state index contributed by atoms with van der Waals surface area (Å²) in [5, 5.41) is 9.61. The highest BCUT2D eigenvalue weighted by Gasteiger charge is 2.15. The number of carboxylic acid groups (broad SMARTS) is 1. The molecule has 0 saturated heterocycles. The van der Waals surface area contributed by atoms with Gasteiger partial charge >= 0.3 is 6.09 Å². The Hall–Kier alpha value is -2.83. The zero-order valence-corrected chi connectivity index (χ0v) is 14.2. The number of alkyl carbamates (subject to hydrolysis) is 1. The maximum Gasteiger partial charge on any atom is 0.407 e. The standard InChI is InChI=1S/C16H20N2O3.CH2O2/c1-11-10-20-14(18-11)13-7-5-12(6-8-13)9-17-15(19)21-16(2,3)4;2-1-3/h5-8,10H,9H2,1-4H3,(H,17,19);1H,(H,2,3). The second-order valence-electron chi connectivity index (χ2n) is 5.95. The summed E-state index contributed by atoms with van der Waals surface area (Å²) in [4.78, 5) is 24.2. The molecular formula is C17H22N2O5. The van der Waals surface area contributed by atoms with E-state index in [0.29, 0.717) is 12.4 Å². The highest BCUT2D eigenvalue weighted by atomic mass is 16.6. The van der Waals surface area contributed by atoms with Crippen LogP contribution in [0.5, 0.6) is 0 Å². The lowest BCUT2D eigenvalue weighted by molar-refractivity contribution is -0.122. The van der Waals surface area contributed by atoms with Crippen molar-refractivity contribution in [2.75, 3.05) is 0 Å². The van der Waals surface area contributed by atoms with E-state index < -0.39 is 11.7 Å². The highest BCUT2D eigenvalue weighted by Crippen LogP contribution is 2.19. The lowest BCUT2D eigenvalue weighted by atomic mass is 10.1. The van der Waals surface area contributed by atoms with Gasteiger partial charge < -0.3 is 19.6 Å². The Morgan fingerprint density at radius 2 is 1.92 bits per heavy atom. The van der Waals surface area contributed by atoms with Crippen molar-refractivity contribution < 1.29 is 23.8 Å². The number of hydrogen-bond acceptors (Lipinski definition) is 5. The van der Waals surface area contributed by atoms with Gasteiger partial charge in [0, 0.05) is 12.1 Å². The number of ether oxygens (including phenoxy) is 1. The number of aryl methyl sites for hydroxylation is 1. The maximum absolute atomic E-state index is 11.6. The van der Waals surface area contributed by atoms with Crippen molar-refractivity contribution in [3.63, 3.8) is 0 Å². The molecule has 7 heteroatoms. The summed E-state index contributed by atoms with van der Waals surface area (Å²) in [6.07, 6.45) is 1.20. The zero-order chi connectivity index (χ0) is 18.2. The van der Waals surface area contributed by atoms with Crippen molar-refractivity contribution in [2.45, 2.75) is 39.8 Å². The molecule has 0 fully saturated rings. The molecule has 0 aliphatic heterocycles. The van der Waals surface area contributed by atoms with Gasteiger partial charge in [0.2, 0.25) is 5.89 Å². The zero-order valence-electron chi connectivity index (χ0n) is 14.2. The minimum absolute atomic E-state index is 0.250. The molecule has 1 heterocycles. The van der Waals surface area contributed by atoms with E-state index in [4.69, 9.17) is 19.1 Å². The van der Waals surface area contributed by atoms with E-state index in [1.165, 1.54) is 0 Å². The first kappa shape index (κ1) is 19.2. The normalized spacial score (nSPS) is 10.3. The summed E-state index contributed by atoms with van der Waals surface area (Å²) in [7, 11) is 0. The molecule has 24 heavy (non-hydrogen) atoms. The number of rotatable bonds is 3. The summed E-state index contributed by atoms with van der Waals surface area (Å²) in [6, 6.07) is 7.67. The average Bonchev–Trinajstić information content (AvgIpc) is 2.91. The lowest BCUT2D eigenvalue weighted by Crippen LogP contribution is -2.32. The number of carbonyl (C=O) groups excluding carboxylic acids is 1. The van der Waals surface area contributed by atoms with Gasteiger partial charge in [0.05, 0.1) is 5.69 Å². The van der Waals surface area contributed by atoms with Crippen molar-refractivity contribution in [3.05, 3.63) is 41.8 Å². The van der Waals surface area contributed by atoms with Crippen LogP contribution in [0.1, 0.15) is 32.0 Å². The Morgan fingerprint density at radius 1 is 1.33 bits per heavy atom. The molecule has 0 atom stereocenters. The minimum atomic E-state index is -0.489. The maximum atomic E-state index is 11.6. The van der Waals surface area contributed by atoms with Gasteiger partial charge in [-0.25, -0.2) is 9.78 Å². The fourth-order valence-corrected chi connectivity index (χ4v) is 1.74. The number of carbonyl (C=O) groups is 2. The molecule has 1 aromatic carbocycles. The van der Waals surface area contributed by atoms with Crippen LogP contribution in [0.25, 0.3) is 11.5 Å². The molecular weight excluding hydrogens is 312 g/mol. The number of benzene rings is 1. The smallest absolute Gasteiger partial charge is 0.407 e. The molecule has 0 bridgehead atoms. The molecule has 0 aliphatic carbocycles. The molecule has 0 aliphatic rings. The van der Waals surface area contributed by atoms with Crippen molar-refractivity contribution in [1.29, 1.82) is 0 Å². The lowest BCUT2D eigenvalue weighted by Gasteiger charge is -2.19. The van der Waals surface area contributed by atoms with Crippen LogP contribution in [-0.4, -0.2) is 28.3 Å². The molecule has 1 aromatic heterocycles. The van der Waals surface area contributed by atoms with Crippen LogP contribution in [0.15, 0.2) is 34.9 Å². The van der Waals surface area contributed by atoms with E-state index in [1.54, 1.807) is 6.26 Å². The van der Waals surface area contributed by atoms with Crippen molar-refractivity contribution in [3.8, 4) is 11.5 Å². The number of oxazole rings is 1. The number of nitrogens with one attached hydrogen (secondary N) is 1. The van der Waals surface area contributed by atoms with Gasteiger partial charge in [-0.1, -0.05) is 12.1 Å². The Labute approximate surface area is 140 Å². The number of nitrogens with zero attached hydrogens (tertiary/aromatic N) is 1. The number of aromatic nitrogens is 1. The minimum Gasteiger partial charge on any atom is -0.483 e. The van der Waals surface area contributed by atoms with Crippen LogP contribution < -0.4 is 5.32 Å². The fraction of sp³-hybridized carbons (Fsp3) is 0.353. The van der Waals surface area contributed by atoms with Crippen molar-refractivity contribution in [1.82, 2.24) is 10.3 Å². The van der Waals surface area contributed by atoms with Gasteiger partial charge in [0.15, 0.2) is 0 Å². The van der Waals surface area contributed by atoms with Crippen LogP contribution in [0, 0.1) is 6.92 Å². The fourth-order valence-electron chi connectivity index (χ4n) is 1.74. The van der Waals surface area contributed by atoms with E-state index in [9.17, 15) is 4.79 Å². The van der Waals surface area contributed by atoms with E-state index in [1.807, 2.05) is 52.0 Å². The van der Waals surface area contributed by atoms with Crippen molar-refractivity contribution >= 4 is 12.6 Å². The average molecular weight is 334 g/mol. The second-order valence-corrected chi connectivity index (χ2v) is 5.95. The predicted octanol–water partition coefficient (Wildman–Crippen LogP) is 3.38. The molecule has 130 valence electrons. The van der Waals surface area contributed by atoms with Gasteiger partial charge in [-0.2, -0.15) is 0 Å². The molecule has 2 aromatic rings. The van der Waals surface area contributed by atoms with Crippen LogP contribution in [-0.2, 0) is 16.1 Å². The summed E-state index contributed by atoms with van der Waals surface area (Å²) >= 11 is 0. The summed E-state index contributed by atoms with van der Waals surface area (Å²) in [6.45, 7) is 7.55. The van der Waals surface area contributed by atoms with Crippen LogP contribution >= 0.6 is 0 Å². The topological polar surface area (TPSA) is 102 Å². The van der Waals surface area contributed by atoms with Gasteiger partial charge in [0.25, 0.3) is 6.47 Å². The molecule has 0 saturated carbocycles. The quantitative estimate of drug-likeness (QED) is 0.834. The van der Waals surface area contributed by atoms with E-state index in [-0.39, 0.29) is 6.47 Å². The van der Waals surface area contributed by atoms with Gasteiger partial charge in [0.1, 0.15) is 11.9 Å². The van der Waals surface area contributed by atoms with E-state index in [0.717, 1.165) is 16.8 Å². The van der Waals surface area contributed by atoms with Crippen molar-refractivity contribution in [2.24, 2.45) is 0 Å². The Balaban J connectivity index is 0.000000891.